The maximum absolute atomic E-state index is 13.6. The van der Waals surface area contributed by atoms with Crippen LogP contribution in [0.3, 0.4) is 0 Å². The van der Waals surface area contributed by atoms with Crippen molar-refractivity contribution in [3.63, 3.8) is 0 Å². The summed E-state index contributed by atoms with van der Waals surface area (Å²) in [4.78, 5) is 27.6. The van der Waals surface area contributed by atoms with Gasteiger partial charge in [0.15, 0.2) is 0 Å². The second-order valence-electron chi connectivity index (χ2n) is 7.60. The predicted molar refractivity (Wildman–Crippen MR) is 111 cm³/mol. The third-order valence-electron chi connectivity index (χ3n) is 5.11. The standard InChI is InChI=1S/C24H26FNO4/c1-15(2)30-24(28)23-16(3)26(14-17-7-5-9-19(25)11-17)22(27)13-21(23)18-8-6-10-20(12-18)29-4/h5-12,15,21H,13-14H2,1-4H3. The van der Waals surface area contributed by atoms with Crippen molar-refractivity contribution in [3.8, 4) is 5.75 Å². The summed E-state index contributed by atoms with van der Waals surface area (Å²) in [5.74, 6) is -0.746. The van der Waals surface area contributed by atoms with Crippen molar-refractivity contribution in [2.75, 3.05) is 7.11 Å². The van der Waals surface area contributed by atoms with Gasteiger partial charge in [-0.25, -0.2) is 9.18 Å². The first-order valence-electron chi connectivity index (χ1n) is 9.90. The number of esters is 1. The normalized spacial score (nSPS) is 16.8. The van der Waals surface area contributed by atoms with Gasteiger partial charge in [-0.3, -0.25) is 4.79 Å². The number of halogens is 1. The van der Waals surface area contributed by atoms with Gasteiger partial charge < -0.3 is 14.4 Å². The van der Waals surface area contributed by atoms with Crippen molar-refractivity contribution in [2.45, 2.75) is 45.8 Å². The number of ether oxygens (including phenoxy) is 2. The number of amides is 1. The Bertz CT molecular complexity index is 983. The molecule has 5 nitrogen and oxygen atoms in total. The first-order chi connectivity index (χ1) is 14.3. The Balaban J connectivity index is 2.05. The molecule has 0 bridgehead atoms. The fraction of sp³-hybridized carbons (Fsp3) is 0.333. The van der Waals surface area contributed by atoms with Crippen LogP contribution in [0.25, 0.3) is 0 Å². The van der Waals surface area contributed by atoms with Crippen LogP contribution in [0.2, 0.25) is 0 Å². The van der Waals surface area contributed by atoms with E-state index in [1.165, 1.54) is 17.0 Å². The van der Waals surface area contributed by atoms with E-state index in [0.29, 0.717) is 22.6 Å². The Kier molecular flexibility index (Phi) is 6.55. The molecule has 0 aliphatic carbocycles. The Morgan fingerprint density at radius 1 is 1.20 bits per heavy atom. The molecule has 1 amide bonds. The fourth-order valence-electron chi connectivity index (χ4n) is 3.71. The summed E-state index contributed by atoms with van der Waals surface area (Å²) in [6, 6.07) is 13.4. The summed E-state index contributed by atoms with van der Waals surface area (Å²) in [6.45, 7) is 5.49. The van der Waals surface area contributed by atoms with E-state index in [-0.39, 0.29) is 30.8 Å². The molecule has 6 heteroatoms. The Morgan fingerprint density at radius 2 is 1.93 bits per heavy atom. The molecular formula is C24H26FNO4. The second kappa shape index (κ2) is 9.11. The number of allylic oxidation sites excluding steroid dienone is 1. The van der Waals surface area contributed by atoms with E-state index in [0.717, 1.165) is 5.56 Å². The van der Waals surface area contributed by atoms with Crippen molar-refractivity contribution in [1.82, 2.24) is 4.90 Å². The molecule has 0 fully saturated rings. The molecule has 30 heavy (non-hydrogen) atoms. The molecule has 0 spiro atoms. The van der Waals surface area contributed by atoms with Gasteiger partial charge >= 0.3 is 5.97 Å². The maximum Gasteiger partial charge on any atom is 0.336 e. The molecule has 1 unspecified atom stereocenters. The minimum atomic E-state index is -0.452. The average molecular weight is 411 g/mol. The lowest BCUT2D eigenvalue weighted by Crippen LogP contribution is -2.38. The molecule has 2 aromatic carbocycles. The SMILES string of the molecule is COc1cccc(C2CC(=O)N(Cc3cccc(F)c3)C(C)=C2C(=O)OC(C)C)c1. The first kappa shape index (κ1) is 21.6. The summed E-state index contributed by atoms with van der Waals surface area (Å²) < 4.78 is 24.4. The van der Waals surface area contributed by atoms with Crippen LogP contribution in [-0.2, 0) is 20.9 Å². The second-order valence-corrected chi connectivity index (χ2v) is 7.60. The molecule has 1 aliphatic heterocycles. The van der Waals surface area contributed by atoms with E-state index in [9.17, 15) is 14.0 Å². The van der Waals surface area contributed by atoms with E-state index in [4.69, 9.17) is 9.47 Å². The van der Waals surface area contributed by atoms with Gasteiger partial charge in [-0.1, -0.05) is 24.3 Å². The van der Waals surface area contributed by atoms with Crippen LogP contribution < -0.4 is 4.74 Å². The van der Waals surface area contributed by atoms with Crippen molar-refractivity contribution in [3.05, 3.63) is 76.7 Å². The van der Waals surface area contributed by atoms with Crippen molar-refractivity contribution in [2.24, 2.45) is 0 Å². The summed E-state index contributed by atoms with van der Waals surface area (Å²) in [5, 5.41) is 0. The summed E-state index contributed by atoms with van der Waals surface area (Å²) in [7, 11) is 1.57. The molecule has 2 aromatic rings. The zero-order chi connectivity index (χ0) is 21.8. The highest BCUT2D eigenvalue weighted by Crippen LogP contribution is 2.38. The Labute approximate surface area is 176 Å². The largest absolute Gasteiger partial charge is 0.497 e. The molecule has 0 aromatic heterocycles. The number of benzene rings is 2. The van der Waals surface area contributed by atoms with Gasteiger partial charge in [0.2, 0.25) is 5.91 Å². The molecule has 1 atom stereocenters. The van der Waals surface area contributed by atoms with Crippen LogP contribution in [0.4, 0.5) is 4.39 Å². The lowest BCUT2D eigenvalue weighted by Gasteiger charge is -2.35. The molecule has 1 heterocycles. The van der Waals surface area contributed by atoms with Crippen molar-refractivity contribution < 1.29 is 23.5 Å². The third kappa shape index (κ3) is 4.70. The zero-order valence-corrected chi connectivity index (χ0v) is 17.6. The zero-order valence-electron chi connectivity index (χ0n) is 17.6. The highest BCUT2D eigenvalue weighted by atomic mass is 19.1. The van der Waals surface area contributed by atoms with E-state index in [2.05, 4.69) is 0 Å². The monoisotopic (exact) mass is 411 g/mol. The molecule has 158 valence electrons. The summed E-state index contributed by atoms with van der Waals surface area (Å²) >= 11 is 0. The molecule has 1 aliphatic rings. The maximum atomic E-state index is 13.6. The number of hydrogen-bond acceptors (Lipinski definition) is 4. The number of rotatable bonds is 6. The van der Waals surface area contributed by atoms with Gasteiger partial charge in [-0.05, 0) is 56.2 Å². The number of carbonyl (C=O) groups is 2. The van der Waals surface area contributed by atoms with Crippen LogP contribution >= 0.6 is 0 Å². The van der Waals surface area contributed by atoms with Crippen LogP contribution in [-0.4, -0.2) is 30.0 Å². The molecular weight excluding hydrogens is 385 g/mol. The first-order valence-corrected chi connectivity index (χ1v) is 9.90. The van der Waals surface area contributed by atoms with Gasteiger partial charge in [0.05, 0.1) is 25.3 Å². The lowest BCUT2D eigenvalue weighted by atomic mass is 9.83. The smallest absolute Gasteiger partial charge is 0.336 e. The molecule has 0 radical (unpaired) electrons. The van der Waals surface area contributed by atoms with Crippen LogP contribution in [0, 0.1) is 5.82 Å². The van der Waals surface area contributed by atoms with Gasteiger partial charge in [0.25, 0.3) is 0 Å². The highest BCUT2D eigenvalue weighted by Gasteiger charge is 2.37. The summed E-state index contributed by atoms with van der Waals surface area (Å²) in [6.07, 6.45) is -0.180. The molecule has 0 saturated carbocycles. The van der Waals surface area contributed by atoms with Crippen molar-refractivity contribution >= 4 is 11.9 Å². The highest BCUT2D eigenvalue weighted by molar-refractivity contribution is 5.96. The minimum Gasteiger partial charge on any atom is -0.497 e. The number of methoxy groups -OCH3 is 1. The van der Waals surface area contributed by atoms with Gasteiger partial charge in [-0.2, -0.15) is 0 Å². The third-order valence-corrected chi connectivity index (χ3v) is 5.11. The lowest BCUT2D eigenvalue weighted by molar-refractivity contribution is -0.143. The van der Waals surface area contributed by atoms with E-state index in [1.54, 1.807) is 40.0 Å². The Morgan fingerprint density at radius 3 is 2.60 bits per heavy atom. The van der Waals surface area contributed by atoms with Crippen molar-refractivity contribution in [1.29, 1.82) is 0 Å². The van der Waals surface area contributed by atoms with Gasteiger partial charge in [0.1, 0.15) is 11.6 Å². The predicted octanol–water partition coefficient (Wildman–Crippen LogP) is 4.58. The molecule has 0 N–H and O–H groups in total. The van der Waals surface area contributed by atoms with Gasteiger partial charge in [0, 0.05) is 18.0 Å². The van der Waals surface area contributed by atoms with E-state index in [1.807, 2.05) is 24.3 Å². The molecule has 3 rings (SSSR count). The van der Waals surface area contributed by atoms with Gasteiger partial charge in [-0.15, -0.1) is 0 Å². The summed E-state index contributed by atoms with van der Waals surface area (Å²) in [5.41, 5.74) is 2.42. The van der Waals surface area contributed by atoms with Crippen LogP contribution in [0.5, 0.6) is 5.75 Å². The quantitative estimate of drug-likeness (QED) is 0.653. The van der Waals surface area contributed by atoms with Crippen LogP contribution in [0.1, 0.15) is 44.2 Å². The van der Waals surface area contributed by atoms with E-state index < -0.39 is 11.9 Å². The topological polar surface area (TPSA) is 55.8 Å². The number of nitrogens with zero attached hydrogens (tertiary/aromatic N) is 1. The minimum absolute atomic E-state index is 0.113. The number of carbonyl (C=O) groups excluding carboxylic acids is 2. The van der Waals surface area contributed by atoms with E-state index >= 15 is 0 Å². The Hall–Kier alpha value is -3.15. The van der Waals surface area contributed by atoms with Crippen LogP contribution in [0.15, 0.2) is 59.8 Å². The fourth-order valence-corrected chi connectivity index (χ4v) is 3.71. The molecule has 0 saturated heterocycles. The number of hydrogen-bond donors (Lipinski definition) is 0. The average Bonchev–Trinajstić information content (AvgIpc) is 2.70.